The average Bonchev–Trinajstić information content (AvgIpc) is 3.09. The Balaban J connectivity index is 1.49. The van der Waals surface area contributed by atoms with Gasteiger partial charge in [-0.05, 0) is 5.56 Å². The maximum Gasteiger partial charge on any atom is 0.230 e. The first-order valence-electron chi connectivity index (χ1n) is 7.22. The monoisotopic (exact) mass is 324 g/mol. The summed E-state index contributed by atoms with van der Waals surface area (Å²) in [7, 11) is 0. The lowest BCUT2D eigenvalue weighted by Gasteiger charge is -2.03. The van der Waals surface area contributed by atoms with Crippen LogP contribution in [0.15, 0.2) is 65.8 Å². The van der Waals surface area contributed by atoms with Crippen LogP contribution in [0.4, 0.5) is 0 Å². The van der Waals surface area contributed by atoms with Crippen LogP contribution in [0, 0.1) is 0 Å². The number of carbonyl (C=O) groups is 1. The van der Waals surface area contributed by atoms with Crippen LogP contribution in [0.25, 0.3) is 11.4 Å². The molecule has 0 radical (unpaired) electrons. The molecule has 116 valence electrons. The number of benzene rings is 2. The third kappa shape index (κ3) is 4.43. The summed E-state index contributed by atoms with van der Waals surface area (Å²) in [5.74, 6) is 0.960. The summed E-state index contributed by atoms with van der Waals surface area (Å²) in [4.78, 5) is 16.3. The summed E-state index contributed by atoms with van der Waals surface area (Å²) in [6.07, 6.45) is 0. The molecule has 0 saturated heterocycles. The summed E-state index contributed by atoms with van der Waals surface area (Å²) in [5.41, 5.74) is 2.05. The molecule has 6 heteroatoms. The van der Waals surface area contributed by atoms with Crippen LogP contribution < -0.4 is 5.32 Å². The van der Waals surface area contributed by atoms with E-state index in [1.807, 2.05) is 60.7 Å². The molecule has 3 rings (SSSR count). The smallest absolute Gasteiger partial charge is 0.230 e. The van der Waals surface area contributed by atoms with Crippen molar-refractivity contribution < 1.29 is 4.79 Å². The predicted octanol–water partition coefficient (Wildman–Crippen LogP) is 2.88. The number of aromatic nitrogens is 3. The Morgan fingerprint density at radius 2 is 1.74 bits per heavy atom. The van der Waals surface area contributed by atoms with Gasteiger partial charge in [-0.15, -0.1) is 5.10 Å². The van der Waals surface area contributed by atoms with Gasteiger partial charge in [-0.1, -0.05) is 72.4 Å². The molecule has 0 atom stereocenters. The van der Waals surface area contributed by atoms with Gasteiger partial charge in [-0.2, -0.15) is 0 Å². The first kappa shape index (κ1) is 15.3. The number of rotatable bonds is 6. The van der Waals surface area contributed by atoms with Gasteiger partial charge in [-0.3, -0.25) is 9.89 Å². The van der Waals surface area contributed by atoms with Crippen molar-refractivity contribution in [2.75, 3.05) is 5.75 Å². The third-order valence-corrected chi connectivity index (χ3v) is 4.02. The zero-order chi connectivity index (χ0) is 15.9. The topological polar surface area (TPSA) is 70.7 Å². The molecule has 0 fully saturated rings. The van der Waals surface area contributed by atoms with Crippen molar-refractivity contribution in [1.29, 1.82) is 0 Å². The van der Waals surface area contributed by atoms with Crippen molar-refractivity contribution in [2.24, 2.45) is 0 Å². The van der Waals surface area contributed by atoms with Gasteiger partial charge in [0.1, 0.15) is 0 Å². The maximum absolute atomic E-state index is 11.9. The minimum Gasteiger partial charge on any atom is -0.351 e. The molecule has 0 unspecified atom stereocenters. The zero-order valence-corrected chi connectivity index (χ0v) is 13.2. The molecule has 0 aliphatic carbocycles. The number of carbonyl (C=O) groups excluding carboxylic acids is 1. The van der Waals surface area contributed by atoms with E-state index in [1.54, 1.807) is 0 Å². The van der Waals surface area contributed by atoms with Gasteiger partial charge in [0.15, 0.2) is 5.82 Å². The molecule has 5 nitrogen and oxygen atoms in total. The Hall–Kier alpha value is -2.60. The highest BCUT2D eigenvalue weighted by Gasteiger charge is 2.08. The largest absolute Gasteiger partial charge is 0.351 e. The standard InChI is InChI=1S/C17H16N4OS/c22-15(18-11-13-7-3-1-4-8-13)12-23-17-19-16(20-21-17)14-9-5-2-6-10-14/h1-10H,11-12H2,(H,18,22)(H,19,20,21). The molecule has 0 saturated carbocycles. The summed E-state index contributed by atoms with van der Waals surface area (Å²) in [5, 5.41) is 10.5. The second-order valence-corrected chi connectivity index (χ2v) is 5.83. The number of hydrogen-bond donors (Lipinski definition) is 2. The fourth-order valence-corrected chi connectivity index (χ4v) is 2.64. The van der Waals surface area contributed by atoms with E-state index in [0.29, 0.717) is 23.3 Å². The van der Waals surface area contributed by atoms with Crippen molar-refractivity contribution in [1.82, 2.24) is 20.5 Å². The number of amides is 1. The molecular weight excluding hydrogens is 308 g/mol. The van der Waals surface area contributed by atoms with Crippen LogP contribution in [0.3, 0.4) is 0 Å². The second-order valence-electron chi connectivity index (χ2n) is 4.88. The Kier molecular flexibility index (Phi) is 5.06. The van der Waals surface area contributed by atoms with E-state index < -0.39 is 0 Å². The van der Waals surface area contributed by atoms with Crippen molar-refractivity contribution in [3.8, 4) is 11.4 Å². The molecule has 2 aromatic carbocycles. The minimum atomic E-state index is -0.0371. The SMILES string of the molecule is O=C(CSc1n[nH]c(-c2ccccc2)n1)NCc1ccccc1. The summed E-state index contributed by atoms with van der Waals surface area (Å²) < 4.78 is 0. The molecule has 2 N–H and O–H groups in total. The molecule has 0 aliphatic rings. The van der Waals surface area contributed by atoms with E-state index in [0.717, 1.165) is 11.1 Å². The van der Waals surface area contributed by atoms with Gasteiger partial charge in [0, 0.05) is 12.1 Å². The quantitative estimate of drug-likeness (QED) is 0.684. The van der Waals surface area contributed by atoms with Gasteiger partial charge in [0.2, 0.25) is 11.1 Å². The van der Waals surface area contributed by atoms with Crippen molar-refractivity contribution in [3.63, 3.8) is 0 Å². The highest BCUT2D eigenvalue weighted by atomic mass is 32.2. The minimum absolute atomic E-state index is 0.0371. The highest BCUT2D eigenvalue weighted by molar-refractivity contribution is 7.99. The van der Waals surface area contributed by atoms with E-state index in [2.05, 4.69) is 20.5 Å². The van der Waals surface area contributed by atoms with Gasteiger partial charge in [0.05, 0.1) is 5.75 Å². The lowest BCUT2D eigenvalue weighted by atomic mass is 10.2. The third-order valence-electron chi connectivity index (χ3n) is 3.18. The Morgan fingerprint density at radius 3 is 2.48 bits per heavy atom. The van der Waals surface area contributed by atoms with E-state index in [1.165, 1.54) is 11.8 Å². The lowest BCUT2D eigenvalue weighted by Crippen LogP contribution is -2.24. The lowest BCUT2D eigenvalue weighted by molar-refractivity contribution is -0.118. The Bertz CT molecular complexity index is 759. The fraction of sp³-hybridized carbons (Fsp3) is 0.118. The predicted molar refractivity (Wildman–Crippen MR) is 90.8 cm³/mol. The molecule has 3 aromatic rings. The number of aromatic amines is 1. The Labute approximate surface area is 138 Å². The van der Waals surface area contributed by atoms with Crippen molar-refractivity contribution >= 4 is 17.7 Å². The molecule has 1 amide bonds. The zero-order valence-electron chi connectivity index (χ0n) is 12.4. The Morgan fingerprint density at radius 1 is 1.04 bits per heavy atom. The summed E-state index contributed by atoms with van der Waals surface area (Å²) in [6, 6.07) is 19.6. The molecular formula is C17H16N4OS. The van der Waals surface area contributed by atoms with Gasteiger partial charge in [-0.25, -0.2) is 4.98 Å². The van der Waals surface area contributed by atoms with Crippen LogP contribution in [-0.2, 0) is 11.3 Å². The van der Waals surface area contributed by atoms with Gasteiger partial charge >= 0.3 is 0 Å². The van der Waals surface area contributed by atoms with E-state index in [4.69, 9.17) is 0 Å². The van der Waals surface area contributed by atoms with Crippen LogP contribution in [0.2, 0.25) is 0 Å². The summed E-state index contributed by atoms with van der Waals surface area (Å²) >= 11 is 1.31. The number of nitrogens with zero attached hydrogens (tertiary/aromatic N) is 2. The van der Waals surface area contributed by atoms with Crippen LogP contribution in [0.5, 0.6) is 0 Å². The van der Waals surface area contributed by atoms with E-state index >= 15 is 0 Å². The molecule has 0 bridgehead atoms. The van der Waals surface area contributed by atoms with Gasteiger partial charge < -0.3 is 5.32 Å². The molecule has 23 heavy (non-hydrogen) atoms. The normalized spacial score (nSPS) is 10.4. The van der Waals surface area contributed by atoms with Crippen molar-refractivity contribution in [2.45, 2.75) is 11.7 Å². The van der Waals surface area contributed by atoms with E-state index in [-0.39, 0.29) is 5.91 Å². The number of H-pyrrole nitrogens is 1. The second kappa shape index (κ2) is 7.60. The van der Waals surface area contributed by atoms with Crippen LogP contribution in [-0.4, -0.2) is 26.8 Å². The number of nitrogens with one attached hydrogen (secondary N) is 2. The summed E-state index contributed by atoms with van der Waals surface area (Å²) in [6.45, 7) is 0.531. The highest BCUT2D eigenvalue weighted by Crippen LogP contribution is 2.18. The average molecular weight is 324 g/mol. The maximum atomic E-state index is 11.9. The molecule has 0 aliphatic heterocycles. The number of thioether (sulfide) groups is 1. The van der Waals surface area contributed by atoms with Gasteiger partial charge in [0.25, 0.3) is 0 Å². The van der Waals surface area contributed by atoms with Crippen LogP contribution >= 0.6 is 11.8 Å². The molecule has 0 spiro atoms. The number of hydrogen-bond acceptors (Lipinski definition) is 4. The van der Waals surface area contributed by atoms with E-state index in [9.17, 15) is 4.79 Å². The first-order chi connectivity index (χ1) is 11.3. The van der Waals surface area contributed by atoms with Crippen molar-refractivity contribution in [3.05, 3.63) is 66.2 Å². The molecule has 1 aromatic heterocycles. The molecule has 1 heterocycles. The van der Waals surface area contributed by atoms with Crippen LogP contribution in [0.1, 0.15) is 5.56 Å². The fourth-order valence-electron chi connectivity index (χ4n) is 2.01. The first-order valence-corrected chi connectivity index (χ1v) is 8.21.